The lowest BCUT2D eigenvalue weighted by Gasteiger charge is -2.26. The molecule has 0 bridgehead atoms. The Morgan fingerprint density at radius 3 is 2.40 bits per heavy atom. The summed E-state index contributed by atoms with van der Waals surface area (Å²) in [5.74, 6) is -0.504. The predicted molar refractivity (Wildman–Crippen MR) is 79.6 cm³/mol. The third kappa shape index (κ3) is 2.12. The monoisotopic (exact) mass is 296 g/mol. The van der Waals surface area contributed by atoms with Gasteiger partial charge in [0.2, 0.25) is 0 Å². The predicted octanol–water partition coefficient (Wildman–Crippen LogP) is 4.40. The van der Waals surface area contributed by atoms with Gasteiger partial charge in [0.15, 0.2) is 0 Å². The molecule has 20 heavy (non-hydrogen) atoms. The standard InChI is InChI=1S/C15H18ClFN2O/c1-4-13-15(5-2,6-3)14(20)19(18-13)12-8-7-10(17)9-11(12)16/h7-9H,4-6H2,1-3H3. The third-order valence-corrected chi connectivity index (χ3v) is 4.36. The van der Waals surface area contributed by atoms with Crippen molar-refractivity contribution in [1.82, 2.24) is 0 Å². The van der Waals surface area contributed by atoms with Gasteiger partial charge in [0, 0.05) is 0 Å². The molecule has 0 radical (unpaired) electrons. The highest BCUT2D eigenvalue weighted by atomic mass is 35.5. The molecule has 0 saturated carbocycles. The summed E-state index contributed by atoms with van der Waals surface area (Å²) in [5, 5.41) is 5.96. The maximum Gasteiger partial charge on any atom is 0.259 e. The minimum atomic E-state index is -0.549. The van der Waals surface area contributed by atoms with Gasteiger partial charge in [-0.1, -0.05) is 32.4 Å². The Morgan fingerprint density at radius 1 is 1.30 bits per heavy atom. The van der Waals surface area contributed by atoms with Gasteiger partial charge in [-0.05, 0) is 37.5 Å². The van der Waals surface area contributed by atoms with Crippen molar-refractivity contribution in [3.05, 3.63) is 29.0 Å². The number of carbonyl (C=O) groups is 1. The Morgan fingerprint density at radius 2 is 1.95 bits per heavy atom. The lowest BCUT2D eigenvalue weighted by atomic mass is 9.76. The van der Waals surface area contributed by atoms with Crippen LogP contribution in [0.1, 0.15) is 40.0 Å². The minimum Gasteiger partial charge on any atom is -0.271 e. The van der Waals surface area contributed by atoms with Crippen LogP contribution in [0.3, 0.4) is 0 Å². The summed E-state index contributed by atoms with van der Waals surface area (Å²) in [6.07, 6.45) is 2.11. The molecule has 1 aliphatic rings. The van der Waals surface area contributed by atoms with E-state index in [9.17, 15) is 9.18 Å². The van der Waals surface area contributed by atoms with E-state index in [1.807, 2.05) is 20.8 Å². The zero-order valence-electron chi connectivity index (χ0n) is 11.9. The molecule has 0 spiro atoms. The molecule has 0 aliphatic carbocycles. The Balaban J connectivity index is 2.50. The van der Waals surface area contributed by atoms with Gasteiger partial charge in [0.05, 0.1) is 21.8 Å². The molecule has 1 aromatic carbocycles. The van der Waals surface area contributed by atoms with E-state index in [1.165, 1.54) is 23.2 Å². The van der Waals surface area contributed by atoms with E-state index in [0.29, 0.717) is 24.9 Å². The normalized spacial score (nSPS) is 17.6. The summed E-state index contributed by atoms with van der Waals surface area (Å²) in [4.78, 5) is 12.8. The summed E-state index contributed by atoms with van der Waals surface area (Å²) in [5.41, 5.74) is 0.757. The second-order valence-electron chi connectivity index (χ2n) is 4.90. The van der Waals surface area contributed by atoms with Crippen molar-refractivity contribution < 1.29 is 9.18 Å². The van der Waals surface area contributed by atoms with Crippen molar-refractivity contribution in [2.45, 2.75) is 40.0 Å². The second kappa shape index (κ2) is 5.52. The van der Waals surface area contributed by atoms with Gasteiger partial charge in [0.25, 0.3) is 5.91 Å². The number of carbonyl (C=O) groups excluding carboxylic acids is 1. The van der Waals surface area contributed by atoms with E-state index in [0.717, 1.165) is 5.71 Å². The van der Waals surface area contributed by atoms with Crippen LogP contribution >= 0.6 is 11.6 Å². The van der Waals surface area contributed by atoms with E-state index in [1.54, 1.807) is 0 Å². The first kappa shape index (κ1) is 15.0. The maximum atomic E-state index is 13.1. The van der Waals surface area contributed by atoms with E-state index < -0.39 is 11.2 Å². The lowest BCUT2D eigenvalue weighted by Crippen LogP contribution is -2.38. The maximum absolute atomic E-state index is 13.1. The van der Waals surface area contributed by atoms with Gasteiger partial charge in [-0.25, -0.2) is 4.39 Å². The number of halogens is 2. The first-order chi connectivity index (χ1) is 9.50. The number of anilines is 1. The van der Waals surface area contributed by atoms with Crippen LogP contribution in [-0.4, -0.2) is 11.6 Å². The molecule has 1 aromatic rings. The molecular weight excluding hydrogens is 279 g/mol. The van der Waals surface area contributed by atoms with Crippen molar-refractivity contribution in [1.29, 1.82) is 0 Å². The van der Waals surface area contributed by atoms with Crippen LogP contribution in [-0.2, 0) is 4.79 Å². The smallest absolute Gasteiger partial charge is 0.259 e. The van der Waals surface area contributed by atoms with E-state index in [2.05, 4.69) is 5.10 Å². The number of hydrogen-bond donors (Lipinski definition) is 0. The number of hydrazone groups is 1. The van der Waals surface area contributed by atoms with Crippen LogP contribution < -0.4 is 5.01 Å². The molecule has 1 heterocycles. The summed E-state index contributed by atoms with van der Waals surface area (Å²) in [7, 11) is 0. The highest BCUT2D eigenvalue weighted by molar-refractivity contribution is 6.34. The van der Waals surface area contributed by atoms with Gasteiger partial charge in [0.1, 0.15) is 5.82 Å². The van der Waals surface area contributed by atoms with Gasteiger partial charge in [-0.15, -0.1) is 0 Å². The summed E-state index contributed by atoms with van der Waals surface area (Å²) >= 11 is 6.04. The second-order valence-corrected chi connectivity index (χ2v) is 5.31. The first-order valence-electron chi connectivity index (χ1n) is 6.87. The van der Waals surface area contributed by atoms with Crippen LogP contribution in [0.5, 0.6) is 0 Å². The molecular formula is C15H18ClFN2O. The number of benzene rings is 1. The molecule has 2 rings (SSSR count). The van der Waals surface area contributed by atoms with Crippen molar-refractivity contribution in [3.8, 4) is 0 Å². The minimum absolute atomic E-state index is 0.0761. The molecule has 0 unspecified atom stereocenters. The molecule has 108 valence electrons. The largest absolute Gasteiger partial charge is 0.271 e. The topological polar surface area (TPSA) is 32.7 Å². The van der Waals surface area contributed by atoms with Crippen molar-refractivity contribution >= 4 is 28.9 Å². The van der Waals surface area contributed by atoms with Gasteiger partial charge in [-0.3, -0.25) is 4.79 Å². The van der Waals surface area contributed by atoms with Crippen LogP contribution in [0.2, 0.25) is 5.02 Å². The van der Waals surface area contributed by atoms with Crippen LogP contribution in [0.15, 0.2) is 23.3 Å². The van der Waals surface area contributed by atoms with Crippen LogP contribution in [0.4, 0.5) is 10.1 Å². The number of hydrogen-bond acceptors (Lipinski definition) is 2. The molecule has 0 aromatic heterocycles. The zero-order chi connectivity index (χ0) is 14.9. The van der Waals surface area contributed by atoms with Crippen molar-refractivity contribution in [3.63, 3.8) is 0 Å². The quantitative estimate of drug-likeness (QED) is 0.810. The van der Waals surface area contributed by atoms with Gasteiger partial charge < -0.3 is 0 Å². The summed E-state index contributed by atoms with van der Waals surface area (Å²) in [6, 6.07) is 3.98. The van der Waals surface area contributed by atoms with E-state index >= 15 is 0 Å². The van der Waals surface area contributed by atoms with Gasteiger partial charge in [-0.2, -0.15) is 10.1 Å². The average Bonchev–Trinajstić information content (AvgIpc) is 2.72. The van der Waals surface area contributed by atoms with E-state index in [-0.39, 0.29) is 10.9 Å². The molecule has 0 N–H and O–H groups in total. The SMILES string of the molecule is CCC1=NN(c2ccc(F)cc2Cl)C(=O)C1(CC)CC. The van der Waals surface area contributed by atoms with Gasteiger partial charge >= 0.3 is 0 Å². The molecule has 5 heteroatoms. The fourth-order valence-corrected chi connectivity index (χ4v) is 3.02. The number of amides is 1. The fraction of sp³-hybridized carbons (Fsp3) is 0.467. The number of rotatable bonds is 4. The zero-order valence-corrected chi connectivity index (χ0v) is 12.7. The average molecular weight is 297 g/mol. The number of nitrogens with zero attached hydrogens (tertiary/aromatic N) is 2. The van der Waals surface area contributed by atoms with Crippen LogP contribution in [0, 0.1) is 11.2 Å². The van der Waals surface area contributed by atoms with Crippen LogP contribution in [0.25, 0.3) is 0 Å². The van der Waals surface area contributed by atoms with Crippen molar-refractivity contribution in [2.24, 2.45) is 10.5 Å². The summed E-state index contributed by atoms with van der Waals surface area (Å²) < 4.78 is 13.1. The Hall–Kier alpha value is -1.42. The molecule has 0 fully saturated rings. The summed E-state index contributed by atoms with van der Waals surface area (Å²) in [6.45, 7) is 5.96. The first-order valence-corrected chi connectivity index (χ1v) is 7.25. The molecule has 1 amide bonds. The Bertz CT molecular complexity index is 567. The Labute approximate surface area is 123 Å². The third-order valence-electron chi connectivity index (χ3n) is 4.05. The lowest BCUT2D eigenvalue weighted by molar-refractivity contribution is -0.124. The highest BCUT2D eigenvalue weighted by Crippen LogP contribution is 2.41. The highest BCUT2D eigenvalue weighted by Gasteiger charge is 2.48. The fourth-order valence-electron chi connectivity index (χ4n) is 2.77. The Kier molecular flexibility index (Phi) is 4.14. The van der Waals surface area contributed by atoms with Crippen molar-refractivity contribution in [2.75, 3.05) is 5.01 Å². The molecule has 0 saturated heterocycles. The molecule has 1 aliphatic heterocycles. The van der Waals surface area contributed by atoms with E-state index in [4.69, 9.17) is 11.6 Å². The molecule has 3 nitrogen and oxygen atoms in total. The molecule has 0 atom stereocenters.